The van der Waals surface area contributed by atoms with Crippen molar-refractivity contribution in [2.45, 2.75) is 13.5 Å². The number of aryl methyl sites for hydroxylation is 1. The average Bonchev–Trinajstić information content (AvgIpc) is 2.97. The second kappa shape index (κ2) is 4.74. The van der Waals surface area contributed by atoms with Crippen molar-refractivity contribution < 1.29 is 19.1 Å². The maximum atomic E-state index is 11.7. The molecule has 2 heterocycles. The average molecular weight is 249 g/mol. The Morgan fingerprint density at radius 1 is 1.39 bits per heavy atom. The fourth-order valence-corrected chi connectivity index (χ4v) is 1.36. The topological polar surface area (TPSA) is 97.4 Å². The highest BCUT2D eigenvalue weighted by molar-refractivity contribution is 6.02. The number of carbonyl (C=O) groups excluding carboxylic acids is 1. The molecule has 7 heteroatoms. The minimum atomic E-state index is -1.22. The number of nitrogens with one attached hydrogen (secondary N) is 1. The molecular weight excluding hydrogens is 238 g/mol. The van der Waals surface area contributed by atoms with Gasteiger partial charge in [0.25, 0.3) is 5.91 Å². The summed E-state index contributed by atoms with van der Waals surface area (Å²) in [6.07, 6.45) is 1.72. The summed E-state index contributed by atoms with van der Waals surface area (Å²) < 4.78 is 6.52. The van der Waals surface area contributed by atoms with E-state index in [-0.39, 0.29) is 11.5 Å². The van der Waals surface area contributed by atoms with Gasteiger partial charge >= 0.3 is 5.97 Å². The van der Waals surface area contributed by atoms with Gasteiger partial charge in [0.05, 0.1) is 0 Å². The van der Waals surface area contributed by atoms with Crippen LogP contribution >= 0.6 is 0 Å². The van der Waals surface area contributed by atoms with E-state index < -0.39 is 11.9 Å². The van der Waals surface area contributed by atoms with Gasteiger partial charge in [0.15, 0.2) is 11.6 Å². The van der Waals surface area contributed by atoms with E-state index in [1.165, 1.54) is 12.1 Å². The van der Waals surface area contributed by atoms with Crippen LogP contribution in [0.4, 0.5) is 5.82 Å². The number of aromatic carboxylic acids is 1. The summed E-state index contributed by atoms with van der Waals surface area (Å²) in [6, 6.07) is 4.17. The zero-order valence-electron chi connectivity index (χ0n) is 9.58. The first-order chi connectivity index (χ1) is 8.60. The van der Waals surface area contributed by atoms with Crippen molar-refractivity contribution in [1.29, 1.82) is 0 Å². The molecule has 1 amide bonds. The fraction of sp³-hybridized carbons (Fsp3) is 0.182. The molecule has 18 heavy (non-hydrogen) atoms. The van der Waals surface area contributed by atoms with Crippen LogP contribution in [0.1, 0.15) is 28.0 Å². The Bertz CT molecular complexity index is 585. The monoisotopic (exact) mass is 249 g/mol. The third-order valence-electron chi connectivity index (χ3n) is 2.25. The van der Waals surface area contributed by atoms with Crippen molar-refractivity contribution in [2.24, 2.45) is 0 Å². The number of furan rings is 1. The summed E-state index contributed by atoms with van der Waals surface area (Å²) in [4.78, 5) is 22.3. The summed E-state index contributed by atoms with van der Waals surface area (Å²) in [5.74, 6) is -1.72. The predicted molar refractivity (Wildman–Crippen MR) is 61.5 cm³/mol. The molecule has 0 atom stereocenters. The molecule has 2 aromatic rings. The first kappa shape index (κ1) is 11.9. The van der Waals surface area contributed by atoms with E-state index in [1.54, 1.807) is 16.9 Å². The van der Waals surface area contributed by atoms with Crippen LogP contribution in [0.25, 0.3) is 0 Å². The summed E-state index contributed by atoms with van der Waals surface area (Å²) in [5, 5.41) is 15.2. The van der Waals surface area contributed by atoms with Gasteiger partial charge in [-0.25, -0.2) is 4.79 Å². The lowest BCUT2D eigenvalue weighted by atomic mass is 10.4. The van der Waals surface area contributed by atoms with E-state index in [4.69, 9.17) is 9.52 Å². The molecule has 0 spiro atoms. The Hall–Kier alpha value is -2.57. The molecule has 2 aromatic heterocycles. The first-order valence-electron chi connectivity index (χ1n) is 5.28. The highest BCUT2D eigenvalue weighted by Gasteiger charge is 2.15. The van der Waals surface area contributed by atoms with Crippen LogP contribution in [0.2, 0.25) is 0 Å². The number of anilines is 1. The van der Waals surface area contributed by atoms with Gasteiger partial charge in [-0.05, 0) is 19.1 Å². The van der Waals surface area contributed by atoms with Crippen molar-refractivity contribution >= 4 is 17.7 Å². The van der Waals surface area contributed by atoms with Gasteiger partial charge < -0.3 is 14.8 Å². The standard InChI is InChI=1S/C11H11N3O4/c1-2-14-6-5-9(13-14)12-10(15)7-3-4-8(18-7)11(16)17/h3-6H,2H2,1H3,(H,16,17)(H,12,13,15). The number of amides is 1. The molecule has 0 aliphatic rings. The molecular formula is C11H11N3O4. The van der Waals surface area contributed by atoms with Crippen LogP contribution in [-0.2, 0) is 6.54 Å². The first-order valence-corrected chi connectivity index (χ1v) is 5.28. The Morgan fingerprint density at radius 2 is 2.11 bits per heavy atom. The zero-order valence-corrected chi connectivity index (χ0v) is 9.58. The number of nitrogens with zero attached hydrogens (tertiary/aromatic N) is 2. The van der Waals surface area contributed by atoms with E-state index >= 15 is 0 Å². The van der Waals surface area contributed by atoms with Crippen LogP contribution in [-0.4, -0.2) is 26.8 Å². The normalized spacial score (nSPS) is 10.3. The molecule has 94 valence electrons. The number of aromatic nitrogens is 2. The van der Waals surface area contributed by atoms with Crippen LogP contribution in [0.3, 0.4) is 0 Å². The Morgan fingerprint density at radius 3 is 2.67 bits per heavy atom. The second-order valence-electron chi connectivity index (χ2n) is 3.48. The third kappa shape index (κ3) is 2.40. The molecule has 7 nitrogen and oxygen atoms in total. The van der Waals surface area contributed by atoms with Gasteiger partial charge in [0.1, 0.15) is 0 Å². The maximum Gasteiger partial charge on any atom is 0.371 e. The van der Waals surface area contributed by atoms with Crippen LogP contribution in [0.15, 0.2) is 28.8 Å². The van der Waals surface area contributed by atoms with Crippen molar-refractivity contribution in [1.82, 2.24) is 9.78 Å². The molecule has 0 bridgehead atoms. The van der Waals surface area contributed by atoms with E-state index in [0.29, 0.717) is 12.4 Å². The van der Waals surface area contributed by atoms with Crippen LogP contribution in [0, 0.1) is 0 Å². The highest BCUT2D eigenvalue weighted by Crippen LogP contribution is 2.10. The van der Waals surface area contributed by atoms with Gasteiger partial charge in [-0.3, -0.25) is 9.48 Å². The second-order valence-corrected chi connectivity index (χ2v) is 3.48. The Balaban J connectivity index is 2.09. The molecule has 0 aliphatic carbocycles. The number of hydrogen-bond donors (Lipinski definition) is 2. The molecule has 2 N–H and O–H groups in total. The highest BCUT2D eigenvalue weighted by atomic mass is 16.4. The molecule has 0 aliphatic heterocycles. The van der Waals surface area contributed by atoms with Gasteiger partial charge in [0, 0.05) is 18.8 Å². The lowest BCUT2D eigenvalue weighted by Crippen LogP contribution is -2.11. The zero-order chi connectivity index (χ0) is 13.1. The smallest absolute Gasteiger partial charge is 0.371 e. The predicted octanol–water partition coefficient (Wildman–Crippen LogP) is 1.45. The molecule has 2 rings (SSSR count). The van der Waals surface area contributed by atoms with Crippen molar-refractivity contribution in [3.63, 3.8) is 0 Å². The Kier molecular flexibility index (Phi) is 3.13. The van der Waals surface area contributed by atoms with Crippen LogP contribution < -0.4 is 5.32 Å². The summed E-state index contributed by atoms with van der Waals surface area (Å²) in [6.45, 7) is 2.62. The molecule has 0 saturated heterocycles. The molecule has 0 fully saturated rings. The largest absolute Gasteiger partial charge is 0.475 e. The lowest BCUT2D eigenvalue weighted by molar-refractivity contribution is 0.0660. The number of carboxylic acid groups (broad SMARTS) is 1. The molecule has 0 aromatic carbocycles. The number of carbonyl (C=O) groups is 2. The third-order valence-corrected chi connectivity index (χ3v) is 2.25. The fourth-order valence-electron chi connectivity index (χ4n) is 1.36. The van der Waals surface area contributed by atoms with Crippen LogP contribution in [0.5, 0.6) is 0 Å². The quantitative estimate of drug-likeness (QED) is 0.854. The van der Waals surface area contributed by atoms with Crippen molar-refractivity contribution in [2.75, 3.05) is 5.32 Å². The Labute approximate surface area is 102 Å². The SMILES string of the molecule is CCn1ccc(NC(=O)c2ccc(C(=O)O)o2)n1. The lowest BCUT2D eigenvalue weighted by Gasteiger charge is -1.98. The van der Waals surface area contributed by atoms with E-state index in [9.17, 15) is 9.59 Å². The number of rotatable bonds is 4. The minimum Gasteiger partial charge on any atom is -0.475 e. The van der Waals surface area contributed by atoms with Crippen molar-refractivity contribution in [3.8, 4) is 0 Å². The van der Waals surface area contributed by atoms with Crippen molar-refractivity contribution in [3.05, 3.63) is 35.9 Å². The van der Waals surface area contributed by atoms with Gasteiger partial charge in [-0.1, -0.05) is 0 Å². The number of carboxylic acids is 1. The molecule has 0 unspecified atom stereocenters. The van der Waals surface area contributed by atoms with E-state index in [0.717, 1.165) is 0 Å². The summed E-state index contributed by atoms with van der Waals surface area (Å²) in [7, 11) is 0. The van der Waals surface area contributed by atoms with Gasteiger partial charge in [-0.15, -0.1) is 0 Å². The maximum absolute atomic E-state index is 11.7. The van der Waals surface area contributed by atoms with Gasteiger partial charge in [-0.2, -0.15) is 5.10 Å². The van der Waals surface area contributed by atoms with E-state index in [1.807, 2.05) is 6.92 Å². The molecule has 0 saturated carbocycles. The summed E-state index contributed by atoms with van der Waals surface area (Å²) in [5.41, 5.74) is 0. The number of hydrogen-bond acceptors (Lipinski definition) is 4. The summed E-state index contributed by atoms with van der Waals surface area (Å²) >= 11 is 0. The van der Waals surface area contributed by atoms with E-state index in [2.05, 4.69) is 10.4 Å². The molecule has 0 radical (unpaired) electrons. The minimum absolute atomic E-state index is 0.0709. The van der Waals surface area contributed by atoms with Gasteiger partial charge in [0.2, 0.25) is 5.76 Å².